The molecule has 5 unspecified atom stereocenters. The molecule has 1 aromatic rings. The molecule has 0 radical (unpaired) electrons. The van der Waals surface area contributed by atoms with E-state index in [9.17, 15) is 19.2 Å². The number of unbranched alkanes of at least 4 members (excludes halogenated alkanes) is 1. The summed E-state index contributed by atoms with van der Waals surface area (Å²) in [6.07, 6.45) is -2.65. The van der Waals surface area contributed by atoms with Crippen molar-refractivity contribution < 1.29 is 52.3 Å². The van der Waals surface area contributed by atoms with E-state index in [4.69, 9.17) is 33.2 Å². The molecule has 1 saturated heterocycles. The van der Waals surface area contributed by atoms with Gasteiger partial charge in [0.1, 0.15) is 18.5 Å². The van der Waals surface area contributed by atoms with Gasteiger partial charge in [-0.25, -0.2) is 0 Å². The highest BCUT2D eigenvalue weighted by atomic mass is 16.7. The quantitative estimate of drug-likeness (QED) is 0.180. The van der Waals surface area contributed by atoms with Crippen LogP contribution >= 0.6 is 0 Å². The van der Waals surface area contributed by atoms with Crippen LogP contribution in [-0.4, -0.2) is 74.4 Å². The van der Waals surface area contributed by atoms with Crippen LogP contribution in [0, 0.1) is 5.41 Å². The molecule has 0 N–H and O–H groups in total. The Labute approximate surface area is 242 Å². The highest BCUT2D eigenvalue weighted by Crippen LogP contribution is 2.30. The molecule has 41 heavy (non-hydrogen) atoms. The smallest absolute Gasteiger partial charge is 0.303 e. The first-order valence-electron chi connectivity index (χ1n) is 13.9. The summed E-state index contributed by atoms with van der Waals surface area (Å²) in [5, 5.41) is 0. The van der Waals surface area contributed by atoms with Gasteiger partial charge in [0.2, 0.25) is 0 Å². The number of hydrogen-bond acceptors (Lipinski definition) is 11. The molecule has 1 aromatic carbocycles. The first kappa shape index (κ1) is 34.0. The normalized spacial score (nSPS) is 22.4. The maximum Gasteiger partial charge on any atom is 0.303 e. The number of hydrogen-bond donors (Lipinski definition) is 0. The average Bonchev–Trinajstić information content (AvgIpc) is 2.85. The SMILES string of the molecule is CC(=O)OCC1OC(OCCCCc2ccc(OCCC(C)(C)C)cc2)C(OC(C)=O)C(OC(C)=O)C1OC(C)=O. The molecule has 0 saturated carbocycles. The molecule has 0 aromatic heterocycles. The third-order valence-electron chi connectivity index (χ3n) is 6.13. The van der Waals surface area contributed by atoms with E-state index in [1.807, 2.05) is 24.3 Å². The van der Waals surface area contributed by atoms with Crippen molar-refractivity contribution in [2.24, 2.45) is 5.41 Å². The van der Waals surface area contributed by atoms with E-state index in [-0.39, 0.29) is 18.6 Å². The van der Waals surface area contributed by atoms with Crippen molar-refractivity contribution in [3.63, 3.8) is 0 Å². The van der Waals surface area contributed by atoms with Crippen LogP contribution < -0.4 is 4.74 Å². The molecule has 11 heteroatoms. The summed E-state index contributed by atoms with van der Waals surface area (Å²) in [5.74, 6) is -1.79. The lowest BCUT2D eigenvalue weighted by molar-refractivity contribution is -0.308. The first-order chi connectivity index (χ1) is 19.2. The van der Waals surface area contributed by atoms with E-state index >= 15 is 0 Å². The molecule has 0 aliphatic carbocycles. The van der Waals surface area contributed by atoms with Crippen molar-refractivity contribution in [2.45, 2.75) is 105 Å². The van der Waals surface area contributed by atoms with Gasteiger partial charge in [0, 0.05) is 34.3 Å². The van der Waals surface area contributed by atoms with Crippen LogP contribution in [0.4, 0.5) is 0 Å². The second-order valence-corrected chi connectivity index (χ2v) is 11.2. The van der Waals surface area contributed by atoms with Crippen LogP contribution in [0.1, 0.15) is 73.3 Å². The van der Waals surface area contributed by atoms with E-state index in [0.717, 1.165) is 30.6 Å². The third-order valence-corrected chi connectivity index (χ3v) is 6.13. The van der Waals surface area contributed by atoms with Crippen molar-refractivity contribution in [1.29, 1.82) is 0 Å². The molecular weight excluding hydrogens is 536 g/mol. The summed E-state index contributed by atoms with van der Waals surface area (Å²) >= 11 is 0. The van der Waals surface area contributed by atoms with Gasteiger partial charge in [0.05, 0.1) is 6.61 Å². The Balaban J connectivity index is 2.01. The first-order valence-corrected chi connectivity index (χ1v) is 13.9. The summed E-state index contributed by atoms with van der Waals surface area (Å²) in [6, 6.07) is 8.00. The van der Waals surface area contributed by atoms with Crippen LogP contribution in [0.25, 0.3) is 0 Å². The van der Waals surface area contributed by atoms with E-state index in [1.165, 1.54) is 27.7 Å². The number of esters is 4. The maximum absolute atomic E-state index is 11.9. The van der Waals surface area contributed by atoms with Gasteiger partial charge in [-0.15, -0.1) is 0 Å². The molecule has 1 aliphatic heterocycles. The number of ether oxygens (including phenoxy) is 7. The molecule has 230 valence electrons. The fraction of sp³-hybridized carbons (Fsp3) is 0.667. The Morgan fingerprint density at radius 2 is 1.34 bits per heavy atom. The minimum Gasteiger partial charge on any atom is -0.494 e. The topological polar surface area (TPSA) is 133 Å². The monoisotopic (exact) mass is 580 g/mol. The zero-order valence-electron chi connectivity index (χ0n) is 25.1. The van der Waals surface area contributed by atoms with Crippen molar-refractivity contribution in [3.05, 3.63) is 29.8 Å². The van der Waals surface area contributed by atoms with Gasteiger partial charge < -0.3 is 33.2 Å². The van der Waals surface area contributed by atoms with Crippen molar-refractivity contribution in [2.75, 3.05) is 19.8 Å². The Kier molecular flexibility index (Phi) is 13.5. The highest BCUT2D eigenvalue weighted by molar-refractivity contribution is 5.68. The molecule has 1 fully saturated rings. The Morgan fingerprint density at radius 1 is 0.756 bits per heavy atom. The highest BCUT2D eigenvalue weighted by Gasteiger charge is 2.52. The number of rotatable bonds is 14. The molecule has 0 amide bonds. The van der Waals surface area contributed by atoms with Gasteiger partial charge in [-0.1, -0.05) is 32.9 Å². The Morgan fingerprint density at radius 3 is 1.90 bits per heavy atom. The second kappa shape index (κ2) is 16.3. The third kappa shape index (κ3) is 12.9. The van der Waals surface area contributed by atoms with E-state index in [2.05, 4.69) is 20.8 Å². The molecule has 0 spiro atoms. The molecule has 0 bridgehead atoms. The largest absolute Gasteiger partial charge is 0.494 e. The minimum absolute atomic E-state index is 0.220. The Hall–Kier alpha value is -3.18. The average molecular weight is 581 g/mol. The summed E-state index contributed by atoms with van der Waals surface area (Å²) in [7, 11) is 0. The standard InChI is InChI=1S/C30H44O11/c1-19(31)37-18-25-26(38-20(2)32)27(39-21(3)33)28(40-22(4)34)29(41-25)36-16-9-8-10-23-11-13-24(14-12-23)35-17-15-30(5,6)7/h11-14,25-29H,8-10,15-18H2,1-7H3. The maximum atomic E-state index is 11.9. The van der Waals surface area contributed by atoms with Crippen molar-refractivity contribution in [3.8, 4) is 5.75 Å². The molecule has 5 atom stereocenters. The van der Waals surface area contributed by atoms with E-state index < -0.39 is 54.6 Å². The van der Waals surface area contributed by atoms with Crippen LogP contribution in [0.3, 0.4) is 0 Å². The van der Waals surface area contributed by atoms with Gasteiger partial charge in [-0.3, -0.25) is 19.2 Å². The zero-order valence-corrected chi connectivity index (χ0v) is 25.1. The lowest BCUT2D eigenvalue weighted by Gasteiger charge is -2.44. The zero-order chi connectivity index (χ0) is 30.6. The van der Waals surface area contributed by atoms with Crippen molar-refractivity contribution in [1.82, 2.24) is 0 Å². The summed E-state index contributed by atoms with van der Waals surface area (Å²) < 4.78 is 39.0. The van der Waals surface area contributed by atoms with Gasteiger partial charge in [0.25, 0.3) is 0 Å². The predicted octanol–water partition coefficient (Wildman–Crippen LogP) is 3.92. The number of benzene rings is 1. The Bertz CT molecular complexity index is 999. The van der Waals surface area contributed by atoms with Crippen LogP contribution in [-0.2, 0) is 54.0 Å². The predicted molar refractivity (Wildman–Crippen MR) is 147 cm³/mol. The molecule has 2 rings (SSSR count). The van der Waals surface area contributed by atoms with Crippen LogP contribution in [0.5, 0.6) is 5.75 Å². The number of aryl methyl sites for hydroxylation is 1. The fourth-order valence-electron chi connectivity index (χ4n) is 4.18. The summed E-state index contributed by atoms with van der Waals surface area (Å²) in [5.41, 5.74) is 1.37. The lowest BCUT2D eigenvalue weighted by atomic mass is 9.93. The minimum atomic E-state index is -1.25. The fourth-order valence-corrected chi connectivity index (χ4v) is 4.18. The molecule has 11 nitrogen and oxygen atoms in total. The van der Waals surface area contributed by atoms with E-state index in [1.54, 1.807) is 0 Å². The molecule has 1 heterocycles. The van der Waals surface area contributed by atoms with Crippen LogP contribution in [0.2, 0.25) is 0 Å². The molecule has 1 aliphatic rings. The summed E-state index contributed by atoms with van der Waals surface area (Å²) in [4.78, 5) is 47.1. The van der Waals surface area contributed by atoms with Gasteiger partial charge in [-0.2, -0.15) is 0 Å². The number of carbonyl (C=O) groups excluding carboxylic acids is 4. The van der Waals surface area contributed by atoms with Gasteiger partial charge in [-0.05, 0) is 48.8 Å². The van der Waals surface area contributed by atoms with Crippen molar-refractivity contribution >= 4 is 23.9 Å². The van der Waals surface area contributed by atoms with Gasteiger partial charge in [0.15, 0.2) is 24.6 Å². The van der Waals surface area contributed by atoms with Crippen LogP contribution in [0.15, 0.2) is 24.3 Å². The van der Waals surface area contributed by atoms with Gasteiger partial charge >= 0.3 is 23.9 Å². The second-order valence-electron chi connectivity index (χ2n) is 11.2. The molecular formula is C30H44O11. The number of carbonyl (C=O) groups is 4. The summed E-state index contributed by atoms with van der Waals surface area (Å²) in [6.45, 7) is 11.9. The lowest BCUT2D eigenvalue weighted by Crippen LogP contribution is -2.63. The van der Waals surface area contributed by atoms with E-state index in [0.29, 0.717) is 13.0 Å².